The van der Waals surface area contributed by atoms with Crippen molar-refractivity contribution in [3.05, 3.63) is 42.0 Å². The molecule has 1 atom stereocenters. The molecule has 0 saturated heterocycles. The average Bonchev–Trinajstić information content (AvgIpc) is 3.27. The number of carbonyl (C=O) groups excluding carboxylic acids is 1. The van der Waals surface area contributed by atoms with Gasteiger partial charge in [-0.3, -0.25) is 14.8 Å². The van der Waals surface area contributed by atoms with Crippen LogP contribution in [0.1, 0.15) is 32.6 Å². The van der Waals surface area contributed by atoms with Crippen molar-refractivity contribution >= 4 is 28.0 Å². The van der Waals surface area contributed by atoms with Crippen LogP contribution in [-0.2, 0) is 11.8 Å². The number of aromatic nitrogens is 5. The number of fused-ring (bicyclic) bond motifs is 2. The van der Waals surface area contributed by atoms with Crippen molar-refractivity contribution in [3.63, 3.8) is 0 Å². The van der Waals surface area contributed by atoms with E-state index in [0.29, 0.717) is 40.2 Å². The topological polar surface area (TPSA) is 121 Å². The summed E-state index contributed by atoms with van der Waals surface area (Å²) < 4.78 is 15.2. The van der Waals surface area contributed by atoms with E-state index in [1.54, 1.807) is 30.2 Å². The van der Waals surface area contributed by atoms with Crippen LogP contribution >= 0.6 is 0 Å². The molecule has 9 nitrogen and oxygen atoms in total. The van der Waals surface area contributed by atoms with Gasteiger partial charge in [0, 0.05) is 43.2 Å². The van der Waals surface area contributed by atoms with E-state index in [2.05, 4.69) is 30.7 Å². The molecule has 31 heavy (non-hydrogen) atoms. The molecule has 4 N–H and O–H groups in total. The van der Waals surface area contributed by atoms with E-state index in [-0.39, 0.29) is 11.7 Å². The summed E-state index contributed by atoms with van der Waals surface area (Å²) in [7, 11) is 1.74. The largest absolute Gasteiger partial charge is 0.374 e. The SMILES string of the molecule is CC(=O)NCC(C)(C)NC(O)c1c[nH]c2ncc(-c3nn(C)c4cc(F)ccc34)nc12. The molecule has 3 aromatic heterocycles. The molecule has 162 valence electrons. The molecule has 1 aromatic carbocycles. The van der Waals surface area contributed by atoms with E-state index < -0.39 is 11.8 Å². The predicted molar refractivity (Wildman–Crippen MR) is 114 cm³/mol. The van der Waals surface area contributed by atoms with Crippen molar-refractivity contribution in [3.8, 4) is 11.4 Å². The van der Waals surface area contributed by atoms with Crippen LogP contribution in [0.3, 0.4) is 0 Å². The first kappa shape index (κ1) is 20.9. The van der Waals surface area contributed by atoms with Gasteiger partial charge in [0.05, 0.1) is 11.7 Å². The monoisotopic (exact) mass is 425 g/mol. The van der Waals surface area contributed by atoms with Crippen LogP contribution in [0.25, 0.3) is 33.5 Å². The molecule has 0 radical (unpaired) electrons. The molecule has 3 heterocycles. The highest BCUT2D eigenvalue weighted by atomic mass is 19.1. The number of nitrogens with zero attached hydrogens (tertiary/aromatic N) is 4. The van der Waals surface area contributed by atoms with Crippen molar-refractivity contribution in [2.24, 2.45) is 7.05 Å². The predicted octanol–water partition coefficient (Wildman–Crippen LogP) is 2.15. The zero-order chi connectivity index (χ0) is 22.3. The number of nitrogens with one attached hydrogen (secondary N) is 3. The minimum atomic E-state index is -1.04. The van der Waals surface area contributed by atoms with Gasteiger partial charge >= 0.3 is 0 Å². The molecule has 0 aliphatic rings. The number of H-pyrrole nitrogens is 1. The number of aliphatic hydroxyl groups excluding tert-OH is 1. The minimum Gasteiger partial charge on any atom is -0.374 e. The zero-order valence-electron chi connectivity index (χ0n) is 17.7. The molecule has 4 aromatic rings. The van der Waals surface area contributed by atoms with Gasteiger partial charge < -0.3 is 15.4 Å². The number of amides is 1. The molecule has 0 bridgehead atoms. The summed E-state index contributed by atoms with van der Waals surface area (Å²) in [6.07, 6.45) is 2.19. The lowest BCUT2D eigenvalue weighted by atomic mass is 10.0. The van der Waals surface area contributed by atoms with Gasteiger partial charge in [-0.05, 0) is 32.0 Å². The number of aliphatic hydroxyl groups is 1. The fraction of sp³-hybridized carbons (Fsp3) is 0.333. The van der Waals surface area contributed by atoms with Gasteiger partial charge in [-0.25, -0.2) is 14.4 Å². The Morgan fingerprint density at radius 2 is 2.16 bits per heavy atom. The number of benzene rings is 1. The maximum absolute atomic E-state index is 13.6. The van der Waals surface area contributed by atoms with E-state index in [9.17, 15) is 14.3 Å². The number of hydrogen-bond acceptors (Lipinski definition) is 6. The summed E-state index contributed by atoms with van der Waals surface area (Å²) in [4.78, 5) is 23.3. The first-order valence-corrected chi connectivity index (χ1v) is 9.81. The first-order chi connectivity index (χ1) is 14.6. The molecule has 1 amide bonds. The van der Waals surface area contributed by atoms with Gasteiger partial charge in [-0.2, -0.15) is 5.10 Å². The van der Waals surface area contributed by atoms with Crippen LogP contribution in [0.5, 0.6) is 0 Å². The van der Waals surface area contributed by atoms with Crippen molar-refractivity contribution in [1.29, 1.82) is 0 Å². The molecule has 0 fully saturated rings. The van der Waals surface area contributed by atoms with E-state index >= 15 is 0 Å². The second-order valence-electron chi connectivity index (χ2n) is 8.17. The maximum atomic E-state index is 13.6. The molecule has 10 heteroatoms. The van der Waals surface area contributed by atoms with Crippen molar-refractivity contribution in [2.45, 2.75) is 32.5 Å². The fourth-order valence-electron chi connectivity index (χ4n) is 3.50. The van der Waals surface area contributed by atoms with E-state index in [1.165, 1.54) is 19.1 Å². The lowest BCUT2D eigenvalue weighted by Crippen LogP contribution is -2.50. The van der Waals surface area contributed by atoms with Gasteiger partial charge in [0.15, 0.2) is 5.65 Å². The van der Waals surface area contributed by atoms with Gasteiger partial charge in [-0.1, -0.05) is 0 Å². The van der Waals surface area contributed by atoms with E-state index in [4.69, 9.17) is 0 Å². The Morgan fingerprint density at radius 3 is 2.90 bits per heavy atom. The van der Waals surface area contributed by atoms with E-state index in [1.807, 2.05) is 13.8 Å². The summed E-state index contributed by atoms with van der Waals surface area (Å²) >= 11 is 0. The highest BCUT2D eigenvalue weighted by Crippen LogP contribution is 2.29. The van der Waals surface area contributed by atoms with Gasteiger partial charge in [0.1, 0.15) is 28.9 Å². The summed E-state index contributed by atoms with van der Waals surface area (Å²) in [5, 5.41) is 21.9. The molecule has 0 aliphatic heterocycles. The zero-order valence-corrected chi connectivity index (χ0v) is 17.7. The Hall–Kier alpha value is -3.37. The Morgan fingerprint density at radius 1 is 1.39 bits per heavy atom. The van der Waals surface area contributed by atoms with Crippen LogP contribution in [0.4, 0.5) is 4.39 Å². The van der Waals surface area contributed by atoms with Crippen LogP contribution in [0.15, 0.2) is 30.6 Å². The number of rotatable bonds is 6. The first-order valence-electron chi connectivity index (χ1n) is 9.81. The Kier molecular flexibility index (Phi) is 5.19. The van der Waals surface area contributed by atoms with Gasteiger partial charge in [0.25, 0.3) is 0 Å². The maximum Gasteiger partial charge on any atom is 0.216 e. The smallest absolute Gasteiger partial charge is 0.216 e. The molecule has 0 saturated carbocycles. The lowest BCUT2D eigenvalue weighted by molar-refractivity contribution is -0.119. The second-order valence-corrected chi connectivity index (χ2v) is 8.17. The number of halogens is 1. The highest BCUT2D eigenvalue weighted by Gasteiger charge is 2.25. The normalized spacial score (nSPS) is 13.1. The van der Waals surface area contributed by atoms with Crippen LogP contribution < -0.4 is 10.6 Å². The minimum absolute atomic E-state index is 0.144. The Bertz CT molecular complexity index is 1280. The number of aromatic amines is 1. The quantitative estimate of drug-likeness (QED) is 0.351. The summed E-state index contributed by atoms with van der Waals surface area (Å²) in [5.74, 6) is -0.484. The summed E-state index contributed by atoms with van der Waals surface area (Å²) in [6, 6.07) is 4.47. The molecule has 1 unspecified atom stereocenters. The highest BCUT2D eigenvalue weighted by molar-refractivity contribution is 5.93. The Balaban J connectivity index is 1.69. The third-order valence-corrected chi connectivity index (χ3v) is 5.07. The fourth-order valence-corrected chi connectivity index (χ4v) is 3.50. The number of aryl methyl sites for hydroxylation is 1. The molecular formula is C21H24FN7O2. The average molecular weight is 425 g/mol. The Labute approximate surface area is 177 Å². The molecule has 0 spiro atoms. The van der Waals surface area contributed by atoms with E-state index in [0.717, 1.165) is 5.39 Å². The molecular weight excluding hydrogens is 401 g/mol. The number of carbonyl (C=O) groups is 1. The summed E-state index contributed by atoms with van der Waals surface area (Å²) in [6.45, 7) is 5.53. The van der Waals surface area contributed by atoms with Gasteiger partial charge in [-0.15, -0.1) is 0 Å². The van der Waals surface area contributed by atoms with Crippen molar-refractivity contribution < 1.29 is 14.3 Å². The second kappa shape index (κ2) is 7.71. The van der Waals surface area contributed by atoms with Crippen LogP contribution in [0.2, 0.25) is 0 Å². The standard InChI is InChI=1S/C21H24FN7O2/c1-11(30)25-10-21(2,3)27-20(31)14-8-23-19-18(14)26-15(9-24-19)17-13-6-5-12(22)7-16(13)29(4)28-17/h5-9,20,27,31H,10H2,1-4H3,(H,23,24)(H,25,30). The van der Waals surface area contributed by atoms with Crippen molar-refractivity contribution in [2.75, 3.05) is 6.54 Å². The molecule has 4 rings (SSSR count). The summed E-state index contributed by atoms with van der Waals surface area (Å²) in [5.41, 5.74) is 2.70. The molecule has 0 aliphatic carbocycles. The third-order valence-electron chi connectivity index (χ3n) is 5.07. The lowest BCUT2D eigenvalue weighted by Gasteiger charge is -2.29. The third kappa shape index (κ3) is 4.12. The van der Waals surface area contributed by atoms with Gasteiger partial charge in [0.2, 0.25) is 5.91 Å². The van der Waals surface area contributed by atoms with Crippen LogP contribution in [0, 0.1) is 5.82 Å². The number of hydrogen-bond donors (Lipinski definition) is 4. The van der Waals surface area contributed by atoms with Crippen LogP contribution in [-0.4, -0.2) is 47.8 Å². The van der Waals surface area contributed by atoms with Crippen molar-refractivity contribution in [1.82, 2.24) is 35.4 Å².